The highest BCUT2D eigenvalue weighted by Crippen LogP contribution is 2.27. The Labute approximate surface area is 153 Å². The van der Waals surface area contributed by atoms with Crippen LogP contribution < -0.4 is 10.1 Å². The largest absolute Gasteiger partial charge is 0.489 e. The minimum Gasteiger partial charge on any atom is -0.489 e. The van der Waals surface area contributed by atoms with E-state index in [-0.39, 0.29) is 11.5 Å². The number of carbonyl (C=O) groups is 2. The van der Waals surface area contributed by atoms with E-state index in [9.17, 15) is 9.59 Å². The maximum atomic E-state index is 11.7. The summed E-state index contributed by atoms with van der Waals surface area (Å²) in [5, 5.41) is 11.5. The van der Waals surface area contributed by atoms with Crippen LogP contribution in [0.15, 0.2) is 53.4 Å². The zero-order valence-corrected chi connectivity index (χ0v) is 14.5. The van der Waals surface area contributed by atoms with E-state index in [1.165, 1.54) is 11.8 Å². The summed E-state index contributed by atoms with van der Waals surface area (Å²) in [5.41, 5.74) is 1.94. The lowest BCUT2D eigenvalue weighted by atomic mass is 10.1. The van der Waals surface area contributed by atoms with Crippen LogP contribution in [0.25, 0.3) is 6.08 Å². The van der Waals surface area contributed by atoms with Crippen molar-refractivity contribution in [2.45, 2.75) is 6.61 Å². The molecule has 2 aromatic rings. The molecule has 3 rings (SSSR count). The van der Waals surface area contributed by atoms with Crippen LogP contribution in [0, 0.1) is 0 Å². The van der Waals surface area contributed by atoms with Gasteiger partial charge in [0.1, 0.15) is 16.7 Å². The standard InChI is InChI=1S/C18H13NO4S2/c20-16-15(25-18(24)19-16)9-12-2-1-3-14(8-12)23-10-11-4-6-13(7-5-11)17(21)22/h1-9H,10H2,(H,21,22)(H,19,20,24). The Hall–Kier alpha value is -2.64. The average Bonchev–Trinajstić information content (AvgIpc) is 2.91. The number of rotatable bonds is 5. The van der Waals surface area contributed by atoms with Crippen LogP contribution in [-0.2, 0) is 11.4 Å². The molecule has 0 unspecified atom stereocenters. The molecule has 0 bridgehead atoms. The number of ether oxygens (including phenoxy) is 1. The van der Waals surface area contributed by atoms with Crippen molar-refractivity contribution in [1.29, 1.82) is 0 Å². The van der Waals surface area contributed by atoms with E-state index in [0.29, 0.717) is 21.6 Å². The number of thioether (sulfide) groups is 1. The molecule has 1 aliphatic rings. The smallest absolute Gasteiger partial charge is 0.335 e. The van der Waals surface area contributed by atoms with Crippen LogP contribution in [-0.4, -0.2) is 21.3 Å². The van der Waals surface area contributed by atoms with E-state index < -0.39 is 5.97 Å². The molecule has 0 aromatic heterocycles. The third-order valence-corrected chi connectivity index (χ3v) is 4.57. The van der Waals surface area contributed by atoms with E-state index in [0.717, 1.165) is 11.1 Å². The Kier molecular flexibility index (Phi) is 5.16. The second-order valence-corrected chi connectivity index (χ2v) is 6.93. The Bertz CT molecular complexity index is 875. The topological polar surface area (TPSA) is 75.6 Å². The van der Waals surface area contributed by atoms with Gasteiger partial charge in [0.25, 0.3) is 5.91 Å². The molecule has 1 aliphatic heterocycles. The van der Waals surface area contributed by atoms with Crippen molar-refractivity contribution in [2.24, 2.45) is 0 Å². The fraction of sp³-hybridized carbons (Fsp3) is 0.0556. The van der Waals surface area contributed by atoms with Gasteiger partial charge in [-0.15, -0.1) is 0 Å². The van der Waals surface area contributed by atoms with Crippen LogP contribution in [0.3, 0.4) is 0 Å². The molecule has 1 heterocycles. The first kappa shape index (κ1) is 17.2. The van der Waals surface area contributed by atoms with Gasteiger partial charge in [-0.05, 0) is 41.5 Å². The number of benzene rings is 2. The number of thiocarbonyl (C=S) groups is 1. The summed E-state index contributed by atoms with van der Waals surface area (Å²) < 4.78 is 6.19. The highest BCUT2D eigenvalue weighted by molar-refractivity contribution is 8.26. The summed E-state index contributed by atoms with van der Waals surface area (Å²) >= 11 is 6.20. The minimum atomic E-state index is -0.957. The van der Waals surface area contributed by atoms with Gasteiger partial charge in [-0.1, -0.05) is 48.2 Å². The summed E-state index contributed by atoms with van der Waals surface area (Å²) in [7, 11) is 0. The van der Waals surface area contributed by atoms with E-state index >= 15 is 0 Å². The Balaban J connectivity index is 1.68. The monoisotopic (exact) mass is 371 g/mol. The van der Waals surface area contributed by atoms with Gasteiger partial charge in [-0.3, -0.25) is 4.79 Å². The molecule has 0 radical (unpaired) electrons. The quantitative estimate of drug-likeness (QED) is 0.619. The number of carbonyl (C=O) groups excluding carboxylic acids is 1. The number of hydrogen-bond donors (Lipinski definition) is 2. The molecule has 25 heavy (non-hydrogen) atoms. The molecular formula is C18H13NO4S2. The fourth-order valence-electron chi connectivity index (χ4n) is 2.18. The normalized spacial score (nSPS) is 15.3. The summed E-state index contributed by atoms with van der Waals surface area (Å²) in [5.74, 6) is -0.496. The number of carboxylic acid groups (broad SMARTS) is 1. The lowest BCUT2D eigenvalue weighted by Crippen LogP contribution is -2.17. The second kappa shape index (κ2) is 7.50. The lowest BCUT2D eigenvalue weighted by molar-refractivity contribution is -0.115. The fourth-order valence-corrected chi connectivity index (χ4v) is 3.22. The van der Waals surface area contributed by atoms with Gasteiger partial charge in [-0.2, -0.15) is 0 Å². The lowest BCUT2D eigenvalue weighted by Gasteiger charge is -2.07. The van der Waals surface area contributed by atoms with Gasteiger partial charge in [0.15, 0.2) is 0 Å². The Morgan fingerprint density at radius 2 is 2.00 bits per heavy atom. The number of carboxylic acids is 1. The van der Waals surface area contributed by atoms with E-state index in [4.69, 9.17) is 22.1 Å². The molecule has 1 amide bonds. The highest BCUT2D eigenvalue weighted by atomic mass is 32.2. The predicted molar refractivity (Wildman–Crippen MR) is 100 cm³/mol. The third-order valence-electron chi connectivity index (χ3n) is 3.40. The Morgan fingerprint density at radius 1 is 1.24 bits per heavy atom. The van der Waals surface area contributed by atoms with Crippen molar-refractivity contribution in [3.8, 4) is 5.75 Å². The summed E-state index contributed by atoms with van der Waals surface area (Å²) in [6.07, 6.45) is 1.76. The van der Waals surface area contributed by atoms with Crippen LogP contribution in [0.2, 0.25) is 0 Å². The Morgan fingerprint density at radius 3 is 2.64 bits per heavy atom. The van der Waals surface area contributed by atoms with Crippen molar-refractivity contribution >= 4 is 46.3 Å². The SMILES string of the molecule is O=C1NC(=S)SC1=Cc1cccc(OCc2ccc(C(=O)O)cc2)c1. The first-order valence-electron chi connectivity index (χ1n) is 7.31. The second-order valence-electron chi connectivity index (χ2n) is 5.22. The maximum absolute atomic E-state index is 11.7. The number of hydrogen-bond acceptors (Lipinski definition) is 5. The van der Waals surface area contributed by atoms with Crippen molar-refractivity contribution in [2.75, 3.05) is 0 Å². The van der Waals surface area contributed by atoms with Gasteiger partial charge in [0.2, 0.25) is 0 Å². The van der Waals surface area contributed by atoms with Gasteiger partial charge in [-0.25, -0.2) is 4.79 Å². The van der Waals surface area contributed by atoms with Crippen molar-refractivity contribution < 1.29 is 19.4 Å². The van der Waals surface area contributed by atoms with Crippen molar-refractivity contribution in [3.63, 3.8) is 0 Å². The van der Waals surface area contributed by atoms with Crippen molar-refractivity contribution in [3.05, 3.63) is 70.1 Å². The van der Waals surface area contributed by atoms with E-state index in [1.807, 2.05) is 24.3 Å². The van der Waals surface area contributed by atoms with Crippen LogP contribution >= 0.6 is 24.0 Å². The molecule has 1 fully saturated rings. The summed E-state index contributed by atoms with van der Waals surface area (Å²) in [4.78, 5) is 23.1. The summed E-state index contributed by atoms with van der Waals surface area (Å²) in [6.45, 7) is 0.319. The van der Waals surface area contributed by atoms with Crippen LogP contribution in [0.1, 0.15) is 21.5 Å². The average molecular weight is 371 g/mol. The van der Waals surface area contributed by atoms with Gasteiger partial charge < -0.3 is 15.2 Å². The highest BCUT2D eigenvalue weighted by Gasteiger charge is 2.21. The van der Waals surface area contributed by atoms with Crippen molar-refractivity contribution in [1.82, 2.24) is 5.32 Å². The molecular weight excluding hydrogens is 358 g/mol. The first-order chi connectivity index (χ1) is 12.0. The minimum absolute atomic E-state index is 0.195. The van der Waals surface area contributed by atoms with E-state index in [2.05, 4.69) is 5.32 Å². The van der Waals surface area contributed by atoms with Crippen LogP contribution in [0.5, 0.6) is 5.75 Å². The number of aromatic carboxylic acids is 1. The molecule has 2 aromatic carbocycles. The van der Waals surface area contributed by atoms with Gasteiger partial charge in [0.05, 0.1) is 10.5 Å². The summed E-state index contributed by atoms with van der Waals surface area (Å²) in [6, 6.07) is 13.9. The zero-order chi connectivity index (χ0) is 17.8. The molecule has 2 N–H and O–H groups in total. The van der Waals surface area contributed by atoms with E-state index in [1.54, 1.807) is 30.3 Å². The predicted octanol–water partition coefficient (Wildman–Crippen LogP) is 3.45. The first-order valence-corrected chi connectivity index (χ1v) is 8.54. The third kappa shape index (κ3) is 4.46. The number of nitrogens with one attached hydrogen (secondary N) is 1. The maximum Gasteiger partial charge on any atom is 0.335 e. The van der Waals surface area contributed by atoms with Gasteiger partial charge >= 0.3 is 5.97 Å². The zero-order valence-electron chi connectivity index (χ0n) is 12.9. The molecule has 0 atom stereocenters. The van der Waals surface area contributed by atoms with Crippen LogP contribution in [0.4, 0.5) is 0 Å². The molecule has 0 aliphatic carbocycles. The molecule has 0 spiro atoms. The molecule has 7 heteroatoms. The molecule has 126 valence electrons. The van der Waals surface area contributed by atoms with Gasteiger partial charge in [0, 0.05) is 0 Å². The molecule has 0 saturated carbocycles. The number of amides is 1. The molecule has 1 saturated heterocycles. The molecule has 5 nitrogen and oxygen atoms in total.